The number of hydrogen-bond donors (Lipinski definition) is 0. The topological polar surface area (TPSA) is 47.1 Å². The molecule has 0 atom stereocenters. The fourth-order valence-corrected chi connectivity index (χ4v) is 5.36. The summed E-state index contributed by atoms with van der Waals surface area (Å²) in [6.45, 7) is 6.95. The molecule has 3 aliphatic heterocycles. The summed E-state index contributed by atoms with van der Waals surface area (Å²) in [4.78, 5) is 34.0. The molecule has 0 aromatic heterocycles. The summed E-state index contributed by atoms with van der Waals surface area (Å²) in [6, 6.07) is 7.25. The van der Waals surface area contributed by atoms with Crippen LogP contribution in [0.25, 0.3) is 0 Å². The Balaban J connectivity index is 1.15. The molecule has 1 aliphatic carbocycles. The number of nitrogens with zero attached hydrogens (tertiary/aromatic N) is 4. The van der Waals surface area contributed by atoms with Crippen LogP contribution in [0.5, 0.6) is 0 Å². The Hall–Kier alpha value is -1.92. The van der Waals surface area contributed by atoms with Crippen LogP contribution in [0.1, 0.15) is 49.7 Å². The molecule has 0 unspecified atom stereocenters. The lowest BCUT2D eigenvalue weighted by Crippen LogP contribution is -2.55. The van der Waals surface area contributed by atoms with Crippen LogP contribution in [0.3, 0.4) is 0 Å². The molecule has 6 nitrogen and oxygen atoms in total. The molecule has 1 saturated carbocycles. The Kier molecular flexibility index (Phi) is 5.79. The van der Waals surface area contributed by atoms with Gasteiger partial charge in [0.2, 0.25) is 11.8 Å². The summed E-state index contributed by atoms with van der Waals surface area (Å²) in [6.07, 6.45) is 7.78. The second-order valence-corrected chi connectivity index (χ2v) is 9.42. The van der Waals surface area contributed by atoms with Crippen LogP contribution in [0.4, 0.5) is 5.69 Å². The summed E-state index contributed by atoms with van der Waals surface area (Å²) >= 11 is 0. The van der Waals surface area contributed by atoms with Crippen LogP contribution < -0.4 is 4.90 Å². The summed E-state index contributed by atoms with van der Waals surface area (Å²) in [5.74, 6) is 0.531. The first-order valence-electron chi connectivity index (χ1n) is 11.8. The van der Waals surface area contributed by atoms with Crippen LogP contribution in [0.2, 0.25) is 0 Å². The van der Waals surface area contributed by atoms with Crippen molar-refractivity contribution in [1.82, 2.24) is 14.7 Å². The standard InChI is InChI=1S/C24H34N4O2/c29-23-6-1-2-10-28(23)22-8-7-20-17-25(11-9-19(20)16-22)18-24(30)27-14-12-26(13-15-27)21-4-3-5-21/h7-8,16,21H,1-6,9-15,17-18H2. The number of benzene rings is 1. The van der Waals surface area contributed by atoms with Gasteiger partial charge in [-0.1, -0.05) is 12.5 Å². The maximum absolute atomic E-state index is 12.9. The van der Waals surface area contributed by atoms with E-state index in [1.54, 1.807) is 0 Å². The Morgan fingerprint density at radius 2 is 1.73 bits per heavy atom. The molecule has 2 saturated heterocycles. The highest BCUT2D eigenvalue weighted by atomic mass is 16.2. The van der Waals surface area contributed by atoms with Crippen molar-refractivity contribution in [2.24, 2.45) is 0 Å². The highest BCUT2D eigenvalue weighted by Gasteiger charge is 2.30. The Morgan fingerprint density at radius 3 is 2.47 bits per heavy atom. The summed E-state index contributed by atoms with van der Waals surface area (Å²) in [7, 11) is 0. The molecule has 0 spiro atoms. The fraction of sp³-hybridized carbons (Fsp3) is 0.667. The smallest absolute Gasteiger partial charge is 0.236 e. The zero-order chi connectivity index (χ0) is 20.5. The molecule has 1 aromatic carbocycles. The van der Waals surface area contributed by atoms with Crippen LogP contribution in [-0.4, -0.2) is 78.4 Å². The van der Waals surface area contributed by atoms with E-state index in [2.05, 4.69) is 32.9 Å². The van der Waals surface area contributed by atoms with Crippen molar-refractivity contribution in [3.8, 4) is 0 Å². The van der Waals surface area contributed by atoms with Crippen molar-refractivity contribution in [3.05, 3.63) is 29.3 Å². The van der Waals surface area contributed by atoms with Crippen molar-refractivity contribution >= 4 is 17.5 Å². The van der Waals surface area contributed by atoms with E-state index >= 15 is 0 Å². The molecular formula is C24H34N4O2. The summed E-state index contributed by atoms with van der Waals surface area (Å²) in [5, 5.41) is 0. The van der Waals surface area contributed by atoms with E-state index in [0.29, 0.717) is 13.0 Å². The van der Waals surface area contributed by atoms with Gasteiger partial charge in [-0.3, -0.25) is 19.4 Å². The molecule has 30 heavy (non-hydrogen) atoms. The van der Waals surface area contributed by atoms with Crippen molar-refractivity contribution < 1.29 is 9.59 Å². The lowest BCUT2D eigenvalue weighted by atomic mass is 9.91. The number of carbonyl (C=O) groups excluding carboxylic acids is 2. The van der Waals surface area contributed by atoms with E-state index in [1.807, 2.05) is 4.90 Å². The van der Waals surface area contributed by atoms with Gasteiger partial charge < -0.3 is 9.80 Å². The van der Waals surface area contributed by atoms with Crippen LogP contribution in [-0.2, 0) is 22.6 Å². The number of amides is 2. The highest BCUT2D eigenvalue weighted by molar-refractivity contribution is 5.94. The maximum Gasteiger partial charge on any atom is 0.236 e. The molecule has 0 N–H and O–H groups in total. The zero-order valence-corrected chi connectivity index (χ0v) is 18.0. The van der Waals surface area contributed by atoms with E-state index in [9.17, 15) is 9.59 Å². The van der Waals surface area contributed by atoms with Gasteiger partial charge in [-0.2, -0.15) is 0 Å². The van der Waals surface area contributed by atoms with Gasteiger partial charge in [-0.25, -0.2) is 0 Å². The summed E-state index contributed by atoms with van der Waals surface area (Å²) in [5.41, 5.74) is 3.69. The molecular weight excluding hydrogens is 376 g/mol. The minimum Gasteiger partial charge on any atom is -0.339 e. The van der Waals surface area contributed by atoms with Gasteiger partial charge in [0.05, 0.1) is 6.54 Å². The third-order valence-electron chi connectivity index (χ3n) is 7.53. The molecule has 6 heteroatoms. The first-order valence-corrected chi connectivity index (χ1v) is 11.8. The Labute approximate surface area is 179 Å². The number of piperidine rings is 1. The quantitative estimate of drug-likeness (QED) is 0.764. The second kappa shape index (κ2) is 8.67. The van der Waals surface area contributed by atoms with E-state index in [4.69, 9.17) is 0 Å². The minimum atomic E-state index is 0.252. The van der Waals surface area contributed by atoms with Gasteiger partial charge in [0.1, 0.15) is 0 Å². The molecule has 3 heterocycles. The Morgan fingerprint density at radius 1 is 0.900 bits per heavy atom. The normalized spacial score (nSPS) is 23.9. The number of fused-ring (bicyclic) bond motifs is 1. The van der Waals surface area contributed by atoms with Gasteiger partial charge >= 0.3 is 0 Å². The van der Waals surface area contributed by atoms with Crippen LogP contribution >= 0.6 is 0 Å². The largest absolute Gasteiger partial charge is 0.339 e. The molecule has 162 valence electrons. The van der Waals surface area contributed by atoms with Gasteiger partial charge in [-0.05, 0) is 55.4 Å². The van der Waals surface area contributed by atoms with E-state index in [1.165, 1.54) is 30.4 Å². The predicted molar refractivity (Wildman–Crippen MR) is 117 cm³/mol. The molecule has 2 amide bonds. The van der Waals surface area contributed by atoms with E-state index < -0.39 is 0 Å². The minimum absolute atomic E-state index is 0.252. The third-order valence-corrected chi connectivity index (χ3v) is 7.53. The number of rotatable bonds is 4. The maximum atomic E-state index is 12.9. The molecule has 3 fully saturated rings. The molecule has 0 bridgehead atoms. The van der Waals surface area contributed by atoms with Crippen molar-refractivity contribution in [2.75, 3.05) is 50.7 Å². The average Bonchev–Trinajstić information content (AvgIpc) is 2.73. The molecule has 0 radical (unpaired) electrons. The van der Waals surface area contributed by atoms with Crippen LogP contribution in [0, 0.1) is 0 Å². The molecule has 5 rings (SSSR count). The third kappa shape index (κ3) is 4.12. The van der Waals surface area contributed by atoms with Crippen LogP contribution in [0.15, 0.2) is 18.2 Å². The number of piperazine rings is 1. The highest BCUT2D eigenvalue weighted by Crippen LogP contribution is 2.28. The Bertz CT molecular complexity index is 798. The van der Waals surface area contributed by atoms with Gasteiger partial charge in [0.15, 0.2) is 0 Å². The first-order chi connectivity index (χ1) is 14.7. The van der Waals surface area contributed by atoms with E-state index in [0.717, 1.165) is 76.8 Å². The van der Waals surface area contributed by atoms with E-state index in [-0.39, 0.29) is 11.8 Å². The van der Waals surface area contributed by atoms with Gasteiger partial charge in [0, 0.05) is 64.0 Å². The number of carbonyl (C=O) groups is 2. The second-order valence-electron chi connectivity index (χ2n) is 9.42. The lowest BCUT2D eigenvalue weighted by molar-refractivity contribution is -0.135. The molecule has 1 aromatic rings. The van der Waals surface area contributed by atoms with Gasteiger partial charge in [0.25, 0.3) is 0 Å². The summed E-state index contributed by atoms with van der Waals surface area (Å²) < 4.78 is 0. The van der Waals surface area contributed by atoms with Crippen molar-refractivity contribution in [3.63, 3.8) is 0 Å². The number of anilines is 1. The fourth-order valence-electron chi connectivity index (χ4n) is 5.36. The lowest BCUT2D eigenvalue weighted by Gasteiger charge is -2.43. The van der Waals surface area contributed by atoms with Crippen molar-refractivity contribution in [2.45, 2.75) is 57.5 Å². The average molecular weight is 411 g/mol. The van der Waals surface area contributed by atoms with Gasteiger partial charge in [-0.15, -0.1) is 0 Å². The SMILES string of the molecule is O=C(CN1CCc2cc(N3CCCCC3=O)ccc2C1)N1CCN(C2CCC2)CC1. The predicted octanol–water partition coefficient (Wildman–Crippen LogP) is 2.26. The van der Waals surface area contributed by atoms with Crippen molar-refractivity contribution in [1.29, 1.82) is 0 Å². The molecule has 4 aliphatic rings. The monoisotopic (exact) mass is 410 g/mol. The zero-order valence-electron chi connectivity index (χ0n) is 18.0. The first kappa shape index (κ1) is 20.0. The number of hydrogen-bond acceptors (Lipinski definition) is 4.